The maximum Gasteiger partial charge on any atom is 0.308 e. The first-order valence-electron chi connectivity index (χ1n) is 7.67. The molecule has 0 aliphatic carbocycles. The Morgan fingerprint density at radius 1 is 1.29 bits per heavy atom. The van der Waals surface area contributed by atoms with Crippen LogP contribution in [0.2, 0.25) is 0 Å². The summed E-state index contributed by atoms with van der Waals surface area (Å²) in [5, 5.41) is 2.91. The van der Waals surface area contributed by atoms with Gasteiger partial charge in [-0.05, 0) is 36.2 Å². The number of amides is 1. The van der Waals surface area contributed by atoms with Gasteiger partial charge in [0.15, 0.2) is 0 Å². The molecule has 0 aliphatic rings. The summed E-state index contributed by atoms with van der Waals surface area (Å²) in [7, 11) is 0. The Labute approximate surface area is 144 Å². The fourth-order valence-corrected chi connectivity index (χ4v) is 3.57. The van der Waals surface area contributed by atoms with E-state index < -0.39 is 0 Å². The molecule has 122 valence electrons. The van der Waals surface area contributed by atoms with Crippen molar-refractivity contribution >= 4 is 33.1 Å². The van der Waals surface area contributed by atoms with Crippen LogP contribution in [0.3, 0.4) is 0 Å². The zero-order valence-electron chi connectivity index (χ0n) is 13.4. The van der Waals surface area contributed by atoms with Crippen molar-refractivity contribution in [2.75, 3.05) is 5.32 Å². The lowest BCUT2D eigenvalue weighted by Crippen LogP contribution is -2.15. The molecule has 4 nitrogen and oxygen atoms in total. The summed E-state index contributed by atoms with van der Waals surface area (Å²) in [5.41, 5.74) is 3.68. The monoisotopic (exact) mass is 338 g/mol. The average Bonchev–Trinajstić information content (AvgIpc) is 2.85. The Hall–Kier alpha value is -2.66. The van der Waals surface area contributed by atoms with E-state index in [4.69, 9.17) is 0 Å². The second-order valence-corrected chi connectivity index (χ2v) is 6.59. The number of hydrogen-bond donors (Lipinski definition) is 1. The number of anilines is 1. The van der Waals surface area contributed by atoms with Gasteiger partial charge in [0.1, 0.15) is 0 Å². The number of aryl methyl sites for hydroxylation is 1. The van der Waals surface area contributed by atoms with E-state index in [-0.39, 0.29) is 10.8 Å². The summed E-state index contributed by atoms with van der Waals surface area (Å²) in [6.07, 6.45) is 2.03. The molecular formula is C19H18N2O2S. The van der Waals surface area contributed by atoms with Crippen molar-refractivity contribution in [3.63, 3.8) is 0 Å². The first kappa shape index (κ1) is 16.2. The topological polar surface area (TPSA) is 51.1 Å². The number of carbonyl (C=O) groups excluding carboxylic acids is 1. The average molecular weight is 338 g/mol. The molecule has 24 heavy (non-hydrogen) atoms. The van der Waals surface area contributed by atoms with Crippen molar-refractivity contribution in [2.24, 2.45) is 0 Å². The zero-order chi connectivity index (χ0) is 17.1. The maximum absolute atomic E-state index is 12.3. The molecule has 2 aromatic carbocycles. The minimum Gasteiger partial charge on any atom is -0.326 e. The van der Waals surface area contributed by atoms with Crippen LogP contribution < -0.4 is 10.2 Å². The van der Waals surface area contributed by atoms with Crippen molar-refractivity contribution in [1.29, 1.82) is 0 Å². The molecule has 0 saturated heterocycles. The van der Waals surface area contributed by atoms with E-state index in [1.165, 1.54) is 11.3 Å². The van der Waals surface area contributed by atoms with Crippen molar-refractivity contribution < 1.29 is 4.79 Å². The molecule has 3 rings (SSSR count). The number of thiazole rings is 1. The Morgan fingerprint density at radius 3 is 2.83 bits per heavy atom. The molecule has 5 heteroatoms. The van der Waals surface area contributed by atoms with Gasteiger partial charge in [-0.25, -0.2) is 0 Å². The van der Waals surface area contributed by atoms with Crippen LogP contribution in [-0.2, 0) is 17.8 Å². The predicted molar refractivity (Wildman–Crippen MR) is 99.8 cm³/mol. The largest absolute Gasteiger partial charge is 0.326 e. The number of hydrogen-bond acceptors (Lipinski definition) is 3. The number of aromatic nitrogens is 1. The number of nitrogens with zero attached hydrogens (tertiary/aromatic N) is 1. The van der Waals surface area contributed by atoms with Crippen LogP contribution in [-0.4, -0.2) is 10.5 Å². The predicted octanol–water partition coefficient (Wildman–Crippen LogP) is 3.74. The third kappa shape index (κ3) is 3.31. The van der Waals surface area contributed by atoms with Gasteiger partial charge >= 0.3 is 4.87 Å². The van der Waals surface area contributed by atoms with E-state index in [0.29, 0.717) is 18.7 Å². The molecule has 1 aromatic heterocycles. The quantitative estimate of drug-likeness (QED) is 0.721. The lowest BCUT2D eigenvalue weighted by molar-refractivity contribution is -0.115. The molecule has 0 aliphatic heterocycles. The van der Waals surface area contributed by atoms with Gasteiger partial charge < -0.3 is 5.32 Å². The van der Waals surface area contributed by atoms with Crippen molar-refractivity contribution in [2.45, 2.75) is 19.9 Å². The van der Waals surface area contributed by atoms with Gasteiger partial charge in [0, 0.05) is 12.2 Å². The van der Waals surface area contributed by atoms with Crippen LogP contribution in [0, 0.1) is 6.92 Å². The van der Waals surface area contributed by atoms with Crippen molar-refractivity contribution in [1.82, 2.24) is 4.57 Å². The number of nitrogens with one attached hydrogen (secondary N) is 1. The standard InChI is InChI=1S/C19H18N2O2S/c1-3-10-21-16-9-8-15(12-17(16)24-19(21)23)20-18(22)11-14-7-5-4-6-13(14)2/h3-9,12H,1,10-11H2,2H3,(H,20,22). The third-order valence-corrected chi connectivity index (χ3v) is 4.82. The van der Waals surface area contributed by atoms with Crippen LogP contribution >= 0.6 is 11.3 Å². The Morgan fingerprint density at radius 2 is 2.08 bits per heavy atom. The molecule has 1 N–H and O–H groups in total. The van der Waals surface area contributed by atoms with Gasteiger partial charge in [-0.15, -0.1) is 6.58 Å². The summed E-state index contributed by atoms with van der Waals surface area (Å²) in [5.74, 6) is -0.0680. The van der Waals surface area contributed by atoms with Gasteiger partial charge in [-0.1, -0.05) is 41.7 Å². The Kier molecular flexibility index (Phi) is 4.62. The molecule has 3 aromatic rings. The van der Waals surface area contributed by atoms with Crippen molar-refractivity contribution in [3.8, 4) is 0 Å². The highest BCUT2D eigenvalue weighted by Gasteiger charge is 2.10. The van der Waals surface area contributed by atoms with E-state index in [0.717, 1.165) is 21.3 Å². The summed E-state index contributed by atoms with van der Waals surface area (Å²) in [6.45, 7) is 6.15. The van der Waals surface area contributed by atoms with Gasteiger partial charge in [0.25, 0.3) is 0 Å². The smallest absolute Gasteiger partial charge is 0.308 e. The Bertz CT molecular complexity index is 969. The lowest BCUT2D eigenvalue weighted by Gasteiger charge is -2.08. The van der Waals surface area contributed by atoms with Crippen LogP contribution in [0.25, 0.3) is 10.2 Å². The molecular weight excluding hydrogens is 320 g/mol. The normalized spacial score (nSPS) is 10.7. The highest BCUT2D eigenvalue weighted by molar-refractivity contribution is 7.16. The third-order valence-electron chi connectivity index (χ3n) is 3.88. The molecule has 0 saturated carbocycles. The number of benzene rings is 2. The number of fused-ring (bicyclic) bond motifs is 1. The Balaban J connectivity index is 1.80. The molecule has 0 spiro atoms. The van der Waals surface area contributed by atoms with E-state index in [1.807, 2.05) is 49.4 Å². The van der Waals surface area contributed by atoms with Crippen LogP contribution in [0.5, 0.6) is 0 Å². The fourth-order valence-electron chi connectivity index (χ4n) is 2.63. The molecule has 0 fully saturated rings. The van der Waals surface area contributed by atoms with Crippen LogP contribution in [0.4, 0.5) is 5.69 Å². The molecule has 1 heterocycles. The van der Waals surface area contributed by atoms with E-state index in [9.17, 15) is 9.59 Å². The summed E-state index contributed by atoms with van der Waals surface area (Å²) < 4.78 is 2.53. The minimum atomic E-state index is -0.0680. The minimum absolute atomic E-state index is 0.0201. The summed E-state index contributed by atoms with van der Waals surface area (Å²) >= 11 is 1.17. The number of rotatable bonds is 5. The molecule has 1 amide bonds. The summed E-state index contributed by atoms with van der Waals surface area (Å²) in [4.78, 5) is 24.2. The molecule has 0 bridgehead atoms. The molecule has 0 unspecified atom stereocenters. The van der Waals surface area contributed by atoms with E-state index in [2.05, 4.69) is 11.9 Å². The van der Waals surface area contributed by atoms with Crippen LogP contribution in [0.15, 0.2) is 59.9 Å². The zero-order valence-corrected chi connectivity index (χ0v) is 14.2. The second-order valence-electron chi connectivity index (χ2n) is 5.60. The molecule has 0 radical (unpaired) electrons. The number of carbonyl (C=O) groups is 1. The van der Waals surface area contributed by atoms with Gasteiger partial charge in [-0.3, -0.25) is 14.2 Å². The highest BCUT2D eigenvalue weighted by Crippen LogP contribution is 2.22. The maximum atomic E-state index is 12.3. The first-order valence-corrected chi connectivity index (χ1v) is 8.49. The van der Waals surface area contributed by atoms with E-state index in [1.54, 1.807) is 10.6 Å². The fraction of sp³-hybridized carbons (Fsp3) is 0.158. The summed E-state index contributed by atoms with van der Waals surface area (Å²) in [6, 6.07) is 13.4. The van der Waals surface area contributed by atoms with Crippen LogP contribution in [0.1, 0.15) is 11.1 Å². The van der Waals surface area contributed by atoms with Gasteiger partial charge in [0.2, 0.25) is 5.91 Å². The van der Waals surface area contributed by atoms with E-state index >= 15 is 0 Å². The first-order chi connectivity index (χ1) is 11.6. The SMILES string of the molecule is C=CCn1c(=O)sc2cc(NC(=O)Cc3ccccc3C)ccc21. The highest BCUT2D eigenvalue weighted by atomic mass is 32.1. The van der Waals surface area contributed by atoms with Gasteiger partial charge in [0.05, 0.1) is 16.6 Å². The number of allylic oxidation sites excluding steroid dienone is 1. The molecule has 0 atom stereocenters. The van der Waals surface area contributed by atoms with Crippen molar-refractivity contribution in [3.05, 3.63) is 75.9 Å². The lowest BCUT2D eigenvalue weighted by atomic mass is 10.1. The van der Waals surface area contributed by atoms with Gasteiger partial charge in [-0.2, -0.15) is 0 Å². The second kappa shape index (κ2) is 6.84.